The third-order valence-corrected chi connectivity index (χ3v) is 0.671. The van der Waals surface area contributed by atoms with Gasteiger partial charge in [-0.25, -0.2) is 0 Å². The minimum atomic E-state index is -0.333. The molecule has 3 N–H and O–H groups in total. The molecule has 0 unspecified atom stereocenters. The molecule has 0 saturated carbocycles. The zero-order valence-corrected chi connectivity index (χ0v) is 11.4. The predicted molar refractivity (Wildman–Crippen MR) is 73.3 cm³/mol. The molecule has 0 aliphatic carbocycles. The Morgan fingerprint density at radius 1 is 0.867 bits per heavy atom. The molecule has 0 saturated heterocycles. The number of nitrogens with two attached hydrogens (primary N) is 1. The van der Waals surface area contributed by atoms with Crippen molar-refractivity contribution in [1.82, 2.24) is 5.31 Å². The average molecular weight is 221 g/mol. The molecule has 0 aromatic heterocycles. The Labute approximate surface area is 102 Å². The fourth-order valence-corrected chi connectivity index (χ4v) is 1.01. The lowest BCUT2D eigenvalue weighted by Crippen LogP contribution is -2.48. The van der Waals surface area contributed by atoms with Gasteiger partial charge in [-0.1, -0.05) is 7.43 Å². The van der Waals surface area contributed by atoms with Crippen LogP contribution in [0.15, 0.2) is 0 Å². The first-order chi connectivity index (χ1) is 7.10. The summed E-state index contributed by atoms with van der Waals surface area (Å²) in [6.07, 6.45) is 0. The third kappa shape index (κ3) is 56.4. The van der Waals surface area contributed by atoms with E-state index >= 15 is 0 Å². The lowest BCUT2D eigenvalue weighted by molar-refractivity contribution is 0.303. The Bertz CT molecular complexity index is 196. The summed E-state index contributed by atoms with van der Waals surface area (Å²) < 4.78 is 21.2. The van der Waals surface area contributed by atoms with E-state index in [0.29, 0.717) is 5.72 Å². The summed E-state index contributed by atoms with van der Waals surface area (Å²) in [5.41, 5.74) is 0.240. The summed E-state index contributed by atoms with van der Waals surface area (Å²) in [6.45, 7) is 17.7. The summed E-state index contributed by atoms with van der Waals surface area (Å²) in [4.78, 5) is 0. The van der Waals surface area contributed by atoms with E-state index in [1.54, 1.807) is 5.31 Å². The van der Waals surface area contributed by atoms with Crippen molar-refractivity contribution in [3.63, 3.8) is 0 Å². The molecule has 0 aromatic rings. The average Bonchev–Trinajstić information content (AvgIpc) is 1.98. The molecule has 96 valence electrons. The molecule has 0 aliphatic heterocycles. The topological polar surface area (TPSA) is 38.0 Å². The van der Waals surface area contributed by atoms with E-state index in [-0.39, 0.29) is 24.0 Å². The van der Waals surface area contributed by atoms with Gasteiger partial charge in [-0.2, -0.15) is 0 Å². The molecule has 0 bridgehead atoms. The fraction of sp³-hybridized carbons (Fsp3) is 1.00. The largest absolute Gasteiger partial charge is 0.326 e. The van der Waals surface area contributed by atoms with E-state index in [4.69, 9.17) is 4.24 Å². The molecule has 0 heterocycles. The van der Waals surface area contributed by atoms with Gasteiger partial charge in [-0.15, -0.1) is 0 Å². The normalized spacial score (nSPS) is 15.8. The SMILES string of the molecule is C.[2H]N(C(C)(C)C)C(C)(C)C.[2H]N([2H])C(C)(C)C. The lowest BCUT2D eigenvalue weighted by atomic mass is 10.0. The van der Waals surface area contributed by atoms with Gasteiger partial charge in [-0.3, -0.25) is 0 Å². The van der Waals surface area contributed by atoms with Crippen LogP contribution in [-0.2, 0) is 0 Å². The first-order valence-corrected chi connectivity index (χ1v) is 5.17. The van der Waals surface area contributed by atoms with Crippen LogP contribution in [0.25, 0.3) is 0 Å². The smallest absolute Gasteiger partial charge is 0.123 e. The Morgan fingerprint density at radius 2 is 1.07 bits per heavy atom. The number of nitrogens with one attached hydrogen (secondary N) is 1. The van der Waals surface area contributed by atoms with Gasteiger partial charge in [0.15, 0.2) is 0 Å². The summed E-state index contributed by atoms with van der Waals surface area (Å²) in [6, 6.07) is 0. The lowest BCUT2D eigenvalue weighted by Gasteiger charge is -2.31. The van der Waals surface area contributed by atoms with Crippen LogP contribution < -0.4 is 11.0 Å². The zero-order valence-electron chi connectivity index (χ0n) is 14.4. The number of hydrogen-bond donors (Lipinski definition) is 2. The second kappa shape index (κ2) is 6.49. The summed E-state index contributed by atoms with van der Waals surface area (Å²) in [7, 11) is 0. The van der Waals surface area contributed by atoms with E-state index in [1.807, 2.05) is 62.3 Å². The summed E-state index contributed by atoms with van der Waals surface area (Å²) in [5, 5.41) is 1.62. The standard InChI is InChI=1S/C8H19N.C4H11N.CH4/c1-7(2,3)9-8(4,5)6;1-4(2,3)5;/h9H,1-6H3;5H2,1-3H3;1H4/i/hD3. The molecular weight excluding hydrogens is 184 g/mol. The highest BCUT2D eigenvalue weighted by atomic mass is 15.0. The van der Waals surface area contributed by atoms with Crippen LogP contribution in [0.1, 0.15) is 69.7 Å². The first kappa shape index (κ1) is 13.0. The second-order valence-electron chi connectivity index (χ2n) is 6.62. The Balaban J connectivity index is -0.000000251. The van der Waals surface area contributed by atoms with E-state index in [2.05, 4.69) is 0 Å². The van der Waals surface area contributed by atoms with Gasteiger partial charge < -0.3 is 11.0 Å². The maximum Gasteiger partial charge on any atom is 0.123 e. The van der Waals surface area contributed by atoms with Crippen LogP contribution in [0.2, 0.25) is 4.24 Å². The van der Waals surface area contributed by atoms with E-state index in [0.717, 1.165) is 0 Å². The van der Waals surface area contributed by atoms with Gasteiger partial charge in [0.1, 0.15) is 4.24 Å². The maximum absolute atomic E-state index is 7.71. The molecule has 2 nitrogen and oxygen atoms in total. The van der Waals surface area contributed by atoms with E-state index in [9.17, 15) is 0 Å². The van der Waals surface area contributed by atoms with Crippen molar-refractivity contribution in [2.45, 2.75) is 86.4 Å². The van der Waals surface area contributed by atoms with Crippen LogP contribution in [0, 0.1) is 0 Å². The molecule has 15 heavy (non-hydrogen) atoms. The van der Waals surface area contributed by atoms with Crippen molar-refractivity contribution in [3.05, 3.63) is 0 Å². The second-order valence-corrected chi connectivity index (χ2v) is 6.62. The molecule has 0 rings (SSSR count). The van der Waals surface area contributed by atoms with Crippen LogP contribution in [0.4, 0.5) is 0 Å². The first-order valence-electron chi connectivity index (χ1n) is 6.51. The molecule has 0 spiro atoms. The zero-order chi connectivity index (χ0) is 14.7. The third-order valence-electron chi connectivity index (χ3n) is 0.671. The highest BCUT2D eigenvalue weighted by Gasteiger charge is 2.17. The molecule has 0 aromatic carbocycles. The highest BCUT2D eigenvalue weighted by molar-refractivity contribution is 4.80. The van der Waals surface area contributed by atoms with Gasteiger partial charge >= 0.3 is 0 Å². The molecule has 0 radical (unpaired) electrons. The predicted octanol–water partition coefficient (Wildman–Crippen LogP) is 3.55. The fourth-order valence-electron chi connectivity index (χ4n) is 1.01. The van der Waals surface area contributed by atoms with Crippen molar-refractivity contribution in [3.8, 4) is 0 Å². The number of rotatable bonds is 0. The van der Waals surface area contributed by atoms with Gasteiger partial charge in [0.2, 0.25) is 0 Å². The van der Waals surface area contributed by atoms with Crippen molar-refractivity contribution >= 4 is 0 Å². The summed E-state index contributed by atoms with van der Waals surface area (Å²) in [5.74, 6) is 0. The van der Waals surface area contributed by atoms with Crippen LogP contribution in [0.3, 0.4) is 0 Å². The van der Waals surface area contributed by atoms with Crippen molar-refractivity contribution < 1.29 is 4.24 Å². The number of hydrogen-bond acceptors (Lipinski definition) is 2. The van der Waals surface area contributed by atoms with Gasteiger partial charge in [-0.05, 0) is 62.3 Å². The molecule has 2 heteroatoms. The van der Waals surface area contributed by atoms with Crippen molar-refractivity contribution in [1.29, 1.82) is 0 Å². The van der Waals surface area contributed by atoms with Crippen LogP contribution >= 0.6 is 0 Å². The summed E-state index contributed by atoms with van der Waals surface area (Å²) >= 11 is 0. The molecule has 0 atom stereocenters. The molecule has 0 fully saturated rings. The van der Waals surface area contributed by atoms with Crippen LogP contribution in [0.5, 0.6) is 0 Å². The molecule has 0 amide bonds. The minimum absolute atomic E-state index is 0. The Kier molecular flexibility index (Phi) is 5.62. The quantitative estimate of drug-likeness (QED) is 0.656. The Hall–Kier alpha value is -0.0800. The van der Waals surface area contributed by atoms with Gasteiger partial charge in [0.05, 0.1) is 0 Å². The molecular formula is C13H34N2. The van der Waals surface area contributed by atoms with Gasteiger partial charge in [0.25, 0.3) is 0 Å². The highest BCUT2D eigenvalue weighted by Crippen LogP contribution is 2.08. The minimum Gasteiger partial charge on any atom is -0.326 e. The molecule has 0 aliphatic rings. The van der Waals surface area contributed by atoms with Crippen LogP contribution in [-0.4, -0.2) is 16.6 Å². The Morgan fingerprint density at radius 3 is 1.07 bits per heavy atom. The van der Waals surface area contributed by atoms with Crippen molar-refractivity contribution in [2.24, 2.45) is 5.72 Å². The monoisotopic (exact) mass is 221 g/mol. The van der Waals surface area contributed by atoms with E-state index in [1.165, 1.54) is 0 Å². The van der Waals surface area contributed by atoms with Crippen molar-refractivity contribution in [2.75, 3.05) is 0 Å². The maximum atomic E-state index is 7.71. The van der Waals surface area contributed by atoms with E-state index < -0.39 is 0 Å². The van der Waals surface area contributed by atoms with Gasteiger partial charge in [0, 0.05) is 16.6 Å².